The van der Waals surface area contributed by atoms with E-state index in [1.165, 1.54) is 0 Å². The topological polar surface area (TPSA) is 49.7 Å². The monoisotopic (exact) mass is 290 g/mol. The van der Waals surface area contributed by atoms with Crippen LogP contribution in [0.3, 0.4) is 0 Å². The fourth-order valence-electron chi connectivity index (χ4n) is 2.50. The molecule has 19 heavy (non-hydrogen) atoms. The van der Waals surface area contributed by atoms with Crippen molar-refractivity contribution in [1.29, 1.82) is 0 Å². The molecule has 0 heterocycles. The Labute approximate surface area is 120 Å². The maximum atomic E-state index is 10.2. The first kappa shape index (κ1) is 19.1. The summed E-state index contributed by atoms with van der Waals surface area (Å²) in [6.45, 7) is 10.9. The van der Waals surface area contributed by atoms with Crippen LogP contribution in [0.4, 0.5) is 0 Å². The van der Waals surface area contributed by atoms with Crippen molar-refractivity contribution in [1.82, 2.24) is 0 Å². The molecule has 0 radical (unpaired) electrons. The zero-order valence-corrected chi connectivity index (χ0v) is 14.5. The molecule has 0 amide bonds. The smallest absolute Gasteiger partial charge is 0.192 e. The number of rotatable bonds is 11. The Morgan fingerprint density at radius 2 is 1.58 bits per heavy atom. The molecular weight excluding hydrogens is 256 g/mol. The van der Waals surface area contributed by atoms with Gasteiger partial charge in [-0.25, -0.2) is 0 Å². The minimum absolute atomic E-state index is 0.0144. The molecule has 0 fully saturated rings. The van der Waals surface area contributed by atoms with E-state index in [9.17, 15) is 10.2 Å². The molecule has 0 aliphatic carbocycles. The van der Waals surface area contributed by atoms with Gasteiger partial charge in [-0.05, 0) is 36.9 Å². The van der Waals surface area contributed by atoms with Gasteiger partial charge in [-0.1, -0.05) is 41.0 Å². The fraction of sp³-hybridized carbons (Fsp3) is 1.00. The van der Waals surface area contributed by atoms with E-state index in [1.807, 2.05) is 0 Å². The van der Waals surface area contributed by atoms with Crippen molar-refractivity contribution in [3.8, 4) is 0 Å². The van der Waals surface area contributed by atoms with E-state index < -0.39 is 8.32 Å². The van der Waals surface area contributed by atoms with Gasteiger partial charge in [0.2, 0.25) is 0 Å². The highest BCUT2D eigenvalue weighted by atomic mass is 28.4. The Bertz CT molecular complexity index is 211. The summed E-state index contributed by atoms with van der Waals surface area (Å²) in [5, 5.41) is 19.4. The van der Waals surface area contributed by atoms with Crippen LogP contribution in [0.2, 0.25) is 18.1 Å². The van der Waals surface area contributed by atoms with Crippen LogP contribution in [-0.4, -0.2) is 37.3 Å². The number of aliphatic hydroxyl groups excluding tert-OH is 2. The van der Waals surface area contributed by atoms with Gasteiger partial charge in [-0.3, -0.25) is 0 Å². The second kappa shape index (κ2) is 9.92. The van der Waals surface area contributed by atoms with Gasteiger partial charge in [-0.2, -0.15) is 0 Å². The number of hydrogen-bond acceptors (Lipinski definition) is 3. The third-order valence-corrected chi connectivity index (χ3v) is 9.31. The van der Waals surface area contributed by atoms with Gasteiger partial charge in [0.05, 0.1) is 6.10 Å². The molecule has 0 aromatic heterocycles. The van der Waals surface area contributed by atoms with E-state index >= 15 is 0 Å². The molecule has 2 N–H and O–H groups in total. The lowest BCUT2D eigenvalue weighted by Gasteiger charge is -2.34. The summed E-state index contributed by atoms with van der Waals surface area (Å²) in [6.07, 6.45) is 1.97. The van der Waals surface area contributed by atoms with E-state index in [0.29, 0.717) is 18.8 Å². The van der Waals surface area contributed by atoms with Gasteiger partial charge in [-0.15, -0.1) is 0 Å². The Hall–Kier alpha value is 0.0969. The zero-order chi connectivity index (χ0) is 14.9. The molecule has 0 aliphatic rings. The van der Waals surface area contributed by atoms with Crippen molar-refractivity contribution in [3.63, 3.8) is 0 Å². The zero-order valence-electron chi connectivity index (χ0n) is 13.5. The molecule has 0 bridgehead atoms. The molecule has 3 nitrogen and oxygen atoms in total. The molecule has 0 saturated carbocycles. The van der Waals surface area contributed by atoms with Crippen LogP contribution in [0.1, 0.15) is 53.9 Å². The molecule has 3 atom stereocenters. The quantitative estimate of drug-likeness (QED) is 0.572. The lowest BCUT2D eigenvalue weighted by Crippen LogP contribution is -2.41. The lowest BCUT2D eigenvalue weighted by molar-refractivity contribution is 0.0430. The second-order valence-corrected chi connectivity index (χ2v) is 10.4. The van der Waals surface area contributed by atoms with E-state index in [2.05, 4.69) is 34.6 Å². The van der Waals surface area contributed by atoms with Crippen molar-refractivity contribution in [2.24, 2.45) is 5.92 Å². The first-order valence-electron chi connectivity index (χ1n) is 7.95. The summed E-state index contributed by atoms with van der Waals surface area (Å²) in [4.78, 5) is 0. The Morgan fingerprint density at radius 3 is 1.95 bits per heavy atom. The SMILES string of the molecule is CC[C@@H](C)[C@@H](O)C[C@@H](CCO)O[Si](CC)(CC)CC. The number of hydrogen-bond donors (Lipinski definition) is 2. The van der Waals surface area contributed by atoms with Gasteiger partial charge < -0.3 is 14.6 Å². The van der Waals surface area contributed by atoms with Crippen LogP contribution in [0, 0.1) is 5.92 Å². The number of aliphatic hydroxyl groups is 2. The van der Waals surface area contributed by atoms with Crippen molar-refractivity contribution < 1.29 is 14.6 Å². The van der Waals surface area contributed by atoms with Crippen LogP contribution in [0.5, 0.6) is 0 Å². The third kappa shape index (κ3) is 6.39. The van der Waals surface area contributed by atoms with Crippen molar-refractivity contribution in [2.45, 2.75) is 84.2 Å². The molecule has 0 aliphatic heterocycles. The third-order valence-electron chi connectivity index (χ3n) is 4.61. The van der Waals surface area contributed by atoms with Crippen LogP contribution in [0.15, 0.2) is 0 Å². The molecule has 4 heteroatoms. The standard InChI is InChI=1S/C15H34O3Si/c1-6-13(5)15(17)12-14(10-11-16)18-19(7-2,8-3)9-4/h13-17H,6-12H2,1-5H3/t13-,14-,15+/m1/s1. The van der Waals surface area contributed by atoms with Crippen LogP contribution in [0.25, 0.3) is 0 Å². The molecule has 116 valence electrons. The maximum Gasteiger partial charge on any atom is 0.192 e. The highest BCUT2D eigenvalue weighted by Gasteiger charge is 2.32. The Kier molecular flexibility index (Phi) is 9.97. The summed E-state index contributed by atoms with van der Waals surface area (Å²) in [6, 6.07) is 3.34. The molecule has 0 rings (SSSR count). The Balaban J connectivity index is 4.63. The summed E-state index contributed by atoms with van der Waals surface area (Å²) >= 11 is 0. The summed E-state index contributed by atoms with van der Waals surface area (Å²) in [5.74, 6) is 0.297. The molecule has 0 aromatic carbocycles. The minimum atomic E-state index is -1.65. The molecular formula is C15H34O3Si. The van der Waals surface area contributed by atoms with Gasteiger partial charge >= 0.3 is 0 Å². The van der Waals surface area contributed by atoms with Crippen molar-refractivity contribution in [2.75, 3.05) is 6.61 Å². The summed E-state index contributed by atoms with van der Waals surface area (Å²) in [7, 11) is -1.65. The lowest BCUT2D eigenvalue weighted by atomic mass is 9.96. The van der Waals surface area contributed by atoms with Crippen molar-refractivity contribution in [3.05, 3.63) is 0 Å². The van der Waals surface area contributed by atoms with E-state index in [-0.39, 0.29) is 18.8 Å². The van der Waals surface area contributed by atoms with Gasteiger partial charge in [0.25, 0.3) is 0 Å². The normalized spacial score (nSPS) is 17.2. The minimum Gasteiger partial charge on any atom is -0.414 e. The van der Waals surface area contributed by atoms with Gasteiger partial charge in [0.1, 0.15) is 0 Å². The average molecular weight is 291 g/mol. The average Bonchev–Trinajstić information content (AvgIpc) is 2.44. The summed E-state index contributed by atoms with van der Waals surface area (Å²) < 4.78 is 6.41. The highest BCUT2D eigenvalue weighted by Crippen LogP contribution is 2.27. The van der Waals surface area contributed by atoms with Gasteiger partial charge in [0.15, 0.2) is 8.32 Å². The molecule has 0 aromatic rings. The maximum absolute atomic E-state index is 10.2. The summed E-state index contributed by atoms with van der Waals surface area (Å²) in [5.41, 5.74) is 0. The first-order valence-corrected chi connectivity index (χ1v) is 10.5. The predicted molar refractivity (Wildman–Crippen MR) is 83.9 cm³/mol. The van der Waals surface area contributed by atoms with E-state index in [0.717, 1.165) is 24.6 Å². The van der Waals surface area contributed by atoms with E-state index in [1.54, 1.807) is 0 Å². The van der Waals surface area contributed by atoms with Crippen LogP contribution >= 0.6 is 0 Å². The van der Waals surface area contributed by atoms with E-state index in [4.69, 9.17) is 4.43 Å². The highest BCUT2D eigenvalue weighted by molar-refractivity contribution is 6.73. The first-order chi connectivity index (χ1) is 8.98. The van der Waals surface area contributed by atoms with Crippen LogP contribution < -0.4 is 0 Å². The van der Waals surface area contributed by atoms with Gasteiger partial charge in [0, 0.05) is 12.7 Å². The predicted octanol–water partition coefficient (Wildman–Crippen LogP) is 3.56. The van der Waals surface area contributed by atoms with Crippen LogP contribution in [-0.2, 0) is 4.43 Å². The molecule has 0 saturated heterocycles. The molecule has 0 spiro atoms. The fourth-order valence-corrected chi connectivity index (χ4v) is 5.42. The largest absolute Gasteiger partial charge is 0.414 e. The van der Waals surface area contributed by atoms with Crippen molar-refractivity contribution >= 4 is 8.32 Å². The molecule has 0 unspecified atom stereocenters. The second-order valence-electron chi connectivity index (χ2n) is 5.68. The Morgan fingerprint density at radius 1 is 1.05 bits per heavy atom.